The molecule has 3 rings (SSSR count). The van der Waals surface area contributed by atoms with Crippen molar-refractivity contribution in [1.82, 2.24) is 0 Å². The molecule has 0 radical (unpaired) electrons. The Hall–Kier alpha value is -2.81. The smallest absolute Gasteiger partial charge is 0.331 e. The normalized spacial score (nSPS) is 34.9. The summed E-state index contributed by atoms with van der Waals surface area (Å²) in [5.74, 6) is 0.0908. The van der Waals surface area contributed by atoms with Crippen molar-refractivity contribution in [2.75, 3.05) is 13.7 Å². The molecule has 0 aromatic heterocycles. The highest BCUT2D eigenvalue weighted by Gasteiger charge is 2.28. The number of rotatable bonds is 4. The maximum Gasteiger partial charge on any atom is 0.331 e. The third-order valence-corrected chi connectivity index (χ3v) is 7.24. The Bertz CT molecular complexity index is 1000. The van der Waals surface area contributed by atoms with Gasteiger partial charge in [0.15, 0.2) is 5.76 Å². The summed E-state index contributed by atoms with van der Waals surface area (Å²) in [6, 6.07) is 0. The minimum Gasteiger partial charge on any atom is -0.506 e. The summed E-state index contributed by atoms with van der Waals surface area (Å²) in [6.07, 6.45) is 11.3. The van der Waals surface area contributed by atoms with Crippen molar-refractivity contribution in [2.24, 2.45) is 5.92 Å². The van der Waals surface area contributed by atoms with Gasteiger partial charge in [-0.05, 0) is 51.0 Å². The number of aliphatic hydroxyl groups excluding tert-OH is 3. The van der Waals surface area contributed by atoms with E-state index in [4.69, 9.17) is 18.9 Å². The number of fused-ring (bicyclic) bond motifs is 2. The van der Waals surface area contributed by atoms with Crippen LogP contribution in [0.25, 0.3) is 0 Å². The van der Waals surface area contributed by atoms with Gasteiger partial charge in [-0.1, -0.05) is 49.0 Å². The minimum absolute atomic E-state index is 0.0245. The van der Waals surface area contributed by atoms with Crippen molar-refractivity contribution in [3.8, 4) is 0 Å². The number of methoxy groups -OCH3 is 1. The highest BCUT2D eigenvalue weighted by Crippen LogP contribution is 2.30. The molecule has 8 heteroatoms. The number of ether oxygens (including phenoxy) is 4. The summed E-state index contributed by atoms with van der Waals surface area (Å²) in [7, 11) is 1.36. The van der Waals surface area contributed by atoms with E-state index in [1.807, 2.05) is 13.0 Å². The van der Waals surface area contributed by atoms with E-state index in [1.54, 1.807) is 18.2 Å². The third-order valence-electron chi connectivity index (χ3n) is 7.24. The Labute approximate surface area is 232 Å². The molecule has 216 valence electrons. The van der Waals surface area contributed by atoms with Crippen LogP contribution in [0.3, 0.4) is 0 Å². The Balaban J connectivity index is 1.85. The summed E-state index contributed by atoms with van der Waals surface area (Å²) in [5.41, 5.74) is 2.00. The molecule has 3 aliphatic rings. The monoisotopic (exact) mass is 544 g/mol. The van der Waals surface area contributed by atoms with Gasteiger partial charge in [-0.15, -0.1) is 0 Å². The van der Waals surface area contributed by atoms with Crippen LogP contribution >= 0.6 is 0 Å². The van der Waals surface area contributed by atoms with E-state index in [0.29, 0.717) is 19.4 Å². The highest BCUT2D eigenvalue weighted by atomic mass is 16.6. The second-order valence-corrected chi connectivity index (χ2v) is 10.8. The lowest BCUT2D eigenvalue weighted by atomic mass is 9.90. The van der Waals surface area contributed by atoms with Gasteiger partial charge in [-0.3, -0.25) is 0 Å². The van der Waals surface area contributed by atoms with E-state index in [-0.39, 0.29) is 42.5 Å². The van der Waals surface area contributed by atoms with Crippen LogP contribution in [0.5, 0.6) is 0 Å². The van der Waals surface area contributed by atoms with Crippen LogP contribution < -0.4 is 0 Å². The number of allylic oxidation sites excluding steroid dienone is 3. The summed E-state index contributed by atoms with van der Waals surface area (Å²) < 4.78 is 22.8. The van der Waals surface area contributed by atoms with Gasteiger partial charge in [0, 0.05) is 25.3 Å². The molecule has 3 N–H and O–H groups in total. The number of hydrogen-bond acceptors (Lipinski definition) is 8. The predicted octanol–water partition coefficient (Wildman–Crippen LogP) is 5.10. The van der Waals surface area contributed by atoms with E-state index in [1.165, 1.54) is 24.8 Å². The van der Waals surface area contributed by atoms with E-state index in [2.05, 4.69) is 13.5 Å². The van der Waals surface area contributed by atoms with Gasteiger partial charge >= 0.3 is 5.97 Å². The lowest BCUT2D eigenvalue weighted by Gasteiger charge is -2.28. The first-order valence-corrected chi connectivity index (χ1v) is 13.8. The van der Waals surface area contributed by atoms with Gasteiger partial charge in [0.25, 0.3) is 0 Å². The predicted molar refractivity (Wildman–Crippen MR) is 149 cm³/mol. The first-order valence-electron chi connectivity index (χ1n) is 13.8. The van der Waals surface area contributed by atoms with Crippen molar-refractivity contribution in [2.45, 2.75) is 95.7 Å². The average Bonchev–Trinajstić information content (AvgIpc) is 2.88. The molecule has 8 nitrogen and oxygen atoms in total. The first kappa shape index (κ1) is 30.7. The van der Waals surface area contributed by atoms with Crippen molar-refractivity contribution in [1.29, 1.82) is 0 Å². The summed E-state index contributed by atoms with van der Waals surface area (Å²) in [5, 5.41) is 32.5. The SMILES string of the molecule is C=C1CC(C)CC2CCC/C(=C\C=C/C(=O)OC(C(O)C=CC3CC(C)=CCO3)C/C(OC)=C(/O)C(O)C1)O2. The number of carbonyl (C=O) groups is 1. The molecule has 3 aliphatic heterocycles. The minimum atomic E-state index is -1.24. The van der Waals surface area contributed by atoms with E-state index in [9.17, 15) is 20.1 Å². The molecule has 39 heavy (non-hydrogen) atoms. The van der Waals surface area contributed by atoms with Gasteiger partial charge in [0.1, 0.15) is 24.1 Å². The highest BCUT2D eigenvalue weighted by molar-refractivity contribution is 5.82. The van der Waals surface area contributed by atoms with Crippen molar-refractivity contribution in [3.63, 3.8) is 0 Å². The lowest BCUT2D eigenvalue weighted by molar-refractivity contribution is -0.147. The molecule has 0 spiro atoms. The zero-order chi connectivity index (χ0) is 28.4. The number of hydrogen-bond donors (Lipinski definition) is 3. The molecule has 0 aromatic rings. The largest absolute Gasteiger partial charge is 0.506 e. The average molecular weight is 545 g/mol. The standard InChI is InChI=1S/C31H44O8/c1-20-13-14-37-24(16-20)11-12-26(32)28-19-29(36-4)31(35)27(33)18-22(3)15-21(2)17-25-9-5-7-23(38-25)8-6-10-30(34)39-28/h6,8,10-13,21,24-28,32-33,35H,3,5,7,9,14-19H2,1-2,4H3/b10-6-,12-11?,23-8+,31-29-. The Kier molecular flexibility index (Phi) is 11.9. The maximum atomic E-state index is 12.7. The van der Waals surface area contributed by atoms with Crippen LogP contribution in [0, 0.1) is 5.92 Å². The van der Waals surface area contributed by atoms with E-state index >= 15 is 0 Å². The van der Waals surface area contributed by atoms with Crippen LogP contribution in [0.15, 0.2) is 71.5 Å². The summed E-state index contributed by atoms with van der Waals surface area (Å²) in [6.45, 7) is 8.74. The molecule has 1 saturated heterocycles. The van der Waals surface area contributed by atoms with Crippen LogP contribution in [-0.4, -0.2) is 65.5 Å². The van der Waals surface area contributed by atoms with Crippen molar-refractivity contribution < 1.29 is 39.1 Å². The first-order chi connectivity index (χ1) is 18.6. The van der Waals surface area contributed by atoms with E-state index < -0.39 is 24.3 Å². The number of esters is 1. The number of carbonyl (C=O) groups excluding carboxylic acids is 1. The number of aliphatic hydroxyl groups is 3. The van der Waals surface area contributed by atoms with Crippen molar-refractivity contribution >= 4 is 5.97 Å². The molecule has 1 fully saturated rings. The third kappa shape index (κ3) is 10.0. The zero-order valence-corrected chi connectivity index (χ0v) is 23.4. The quantitative estimate of drug-likeness (QED) is 0.331. The fraction of sp³-hybridized carbons (Fsp3) is 0.581. The Morgan fingerprint density at radius 3 is 2.74 bits per heavy atom. The Morgan fingerprint density at radius 1 is 1.21 bits per heavy atom. The van der Waals surface area contributed by atoms with Gasteiger partial charge in [-0.2, -0.15) is 0 Å². The van der Waals surface area contributed by atoms with E-state index in [0.717, 1.165) is 37.0 Å². The molecule has 0 aliphatic carbocycles. The van der Waals surface area contributed by atoms with Gasteiger partial charge in [0.2, 0.25) is 0 Å². The molecule has 2 bridgehead atoms. The molecule has 0 saturated carbocycles. The second kappa shape index (κ2) is 15.1. The molecule has 0 aromatic carbocycles. The van der Waals surface area contributed by atoms with Crippen LogP contribution in [0.1, 0.15) is 65.2 Å². The van der Waals surface area contributed by atoms with Crippen LogP contribution in [0.4, 0.5) is 0 Å². The lowest BCUT2D eigenvalue weighted by Crippen LogP contribution is -2.31. The summed E-state index contributed by atoms with van der Waals surface area (Å²) in [4.78, 5) is 12.7. The Morgan fingerprint density at radius 2 is 2.00 bits per heavy atom. The zero-order valence-electron chi connectivity index (χ0n) is 23.4. The summed E-state index contributed by atoms with van der Waals surface area (Å²) >= 11 is 0. The molecule has 6 unspecified atom stereocenters. The fourth-order valence-electron chi connectivity index (χ4n) is 5.18. The van der Waals surface area contributed by atoms with Crippen molar-refractivity contribution in [3.05, 3.63) is 71.5 Å². The number of cyclic esters (lactones) is 1. The fourth-order valence-corrected chi connectivity index (χ4v) is 5.18. The second-order valence-electron chi connectivity index (χ2n) is 10.8. The molecule has 3 heterocycles. The van der Waals surface area contributed by atoms with Crippen LogP contribution in [-0.2, 0) is 23.7 Å². The molecular weight excluding hydrogens is 500 g/mol. The molecule has 6 atom stereocenters. The molecule has 0 amide bonds. The van der Waals surface area contributed by atoms with Crippen LogP contribution in [0.2, 0.25) is 0 Å². The van der Waals surface area contributed by atoms with Gasteiger partial charge in [0.05, 0.1) is 31.7 Å². The van der Waals surface area contributed by atoms with Gasteiger partial charge < -0.3 is 34.3 Å². The van der Waals surface area contributed by atoms with Gasteiger partial charge in [-0.25, -0.2) is 4.79 Å². The molecular formula is C31H44O8. The topological polar surface area (TPSA) is 115 Å². The maximum absolute atomic E-state index is 12.7.